The highest BCUT2D eigenvalue weighted by atomic mass is 19.1. The summed E-state index contributed by atoms with van der Waals surface area (Å²) in [5.74, 6) is -0.480. The first-order valence-corrected chi connectivity index (χ1v) is 6.96. The van der Waals surface area contributed by atoms with Gasteiger partial charge in [-0.2, -0.15) is 0 Å². The summed E-state index contributed by atoms with van der Waals surface area (Å²) >= 11 is 0. The van der Waals surface area contributed by atoms with Gasteiger partial charge in [-0.25, -0.2) is 8.78 Å². The fourth-order valence-corrected chi connectivity index (χ4v) is 2.97. The molecular formula is C17H17F2N. The Bertz CT molecular complexity index is 544. The zero-order chi connectivity index (χ0) is 14.2. The molecule has 1 heterocycles. The third kappa shape index (κ3) is 2.12. The molecule has 0 radical (unpaired) electrons. The van der Waals surface area contributed by atoms with Crippen LogP contribution in [0.3, 0.4) is 0 Å². The molecule has 1 saturated heterocycles. The molecular weight excluding hydrogens is 256 g/mol. The van der Waals surface area contributed by atoms with Crippen LogP contribution in [0.5, 0.6) is 0 Å². The Balaban J connectivity index is 2.02. The highest BCUT2D eigenvalue weighted by Gasteiger charge is 2.55. The molecule has 0 unspecified atom stereocenters. The summed E-state index contributed by atoms with van der Waals surface area (Å²) in [6.07, 6.45) is 2.11. The molecule has 2 aromatic rings. The summed E-state index contributed by atoms with van der Waals surface area (Å²) in [6.45, 7) is 2.14. The zero-order valence-electron chi connectivity index (χ0n) is 11.4. The van der Waals surface area contributed by atoms with Crippen LogP contribution in [0, 0.1) is 11.6 Å². The van der Waals surface area contributed by atoms with E-state index in [1.54, 1.807) is 24.3 Å². The molecule has 104 valence electrons. The lowest BCUT2D eigenvalue weighted by Crippen LogP contribution is -2.17. The van der Waals surface area contributed by atoms with Crippen LogP contribution < -0.4 is 5.32 Å². The van der Waals surface area contributed by atoms with Gasteiger partial charge in [0.2, 0.25) is 0 Å². The van der Waals surface area contributed by atoms with Gasteiger partial charge in [-0.3, -0.25) is 5.32 Å². The molecule has 2 aromatic carbocycles. The van der Waals surface area contributed by atoms with E-state index in [1.807, 2.05) is 0 Å². The van der Waals surface area contributed by atoms with E-state index in [0.29, 0.717) is 6.04 Å². The number of rotatable bonds is 4. The van der Waals surface area contributed by atoms with E-state index in [0.717, 1.165) is 24.0 Å². The first kappa shape index (κ1) is 13.3. The summed E-state index contributed by atoms with van der Waals surface area (Å²) in [6, 6.07) is 13.5. The summed E-state index contributed by atoms with van der Waals surface area (Å²) in [5, 5.41) is 3.51. The highest BCUT2D eigenvalue weighted by molar-refractivity contribution is 5.47. The van der Waals surface area contributed by atoms with Gasteiger partial charge in [0.25, 0.3) is 0 Å². The van der Waals surface area contributed by atoms with Crippen LogP contribution in [0.1, 0.15) is 30.9 Å². The Morgan fingerprint density at radius 3 is 1.75 bits per heavy atom. The lowest BCUT2D eigenvalue weighted by molar-refractivity contribution is 0.621. The highest BCUT2D eigenvalue weighted by Crippen LogP contribution is 2.46. The predicted molar refractivity (Wildman–Crippen MR) is 75.4 cm³/mol. The number of benzene rings is 2. The Labute approximate surface area is 117 Å². The number of halogens is 2. The summed E-state index contributed by atoms with van der Waals surface area (Å²) in [7, 11) is 0. The van der Waals surface area contributed by atoms with E-state index < -0.39 is 0 Å². The zero-order valence-corrected chi connectivity index (χ0v) is 11.4. The molecule has 1 N–H and O–H groups in total. The van der Waals surface area contributed by atoms with Crippen LogP contribution >= 0.6 is 0 Å². The van der Waals surface area contributed by atoms with Crippen molar-refractivity contribution in [2.24, 2.45) is 0 Å². The Morgan fingerprint density at radius 1 is 0.900 bits per heavy atom. The molecule has 0 aromatic heterocycles. The minimum Gasteiger partial charge on any atom is -0.297 e. The van der Waals surface area contributed by atoms with E-state index in [1.165, 1.54) is 24.3 Å². The predicted octanol–water partition coefficient (Wildman–Crippen LogP) is 3.98. The second-order valence-electron chi connectivity index (χ2n) is 5.31. The summed E-state index contributed by atoms with van der Waals surface area (Å²) in [5.41, 5.74) is 1.77. The average molecular weight is 273 g/mol. The lowest BCUT2D eigenvalue weighted by atomic mass is 9.86. The van der Waals surface area contributed by atoms with Crippen LogP contribution in [-0.4, -0.2) is 6.04 Å². The fourth-order valence-electron chi connectivity index (χ4n) is 2.97. The molecule has 0 aliphatic carbocycles. The monoisotopic (exact) mass is 273 g/mol. The van der Waals surface area contributed by atoms with E-state index in [2.05, 4.69) is 12.2 Å². The van der Waals surface area contributed by atoms with Crippen LogP contribution in [-0.2, 0) is 5.54 Å². The lowest BCUT2D eigenvalue weighted by Gasteiger charge is -2.17. The second-order valence-corrected chi connectivity index (χ2v) is 5.31. The topological polar surface area (TPSA) is 21.9 Å². The first-order chi connectivity index (χ1) is 9.66. The smallest absolute Gasteiger partial charge is 0.123 e. The molecule has 0 bridgehead atoms. The Morgan fingerprint density at radius 2 is 1.35 bits per heavy atom. The van der Waals surface area contributed by atoms with Crippen molar-refractivity contribution in [3.05, 3.63) is 71.3 Å². The van der Waals surface area contributed by atoms with Gasteiger partial charge in [0.15, 0.2) is 0 Å². The van der Waals surface area contributed by atoms with Crippen molar-refractivity contribution < 1.29 is 8.78 Å². The maximum atomic E-state index is 13.1. The second kappa shape index (κ2) is 4.98. The molecule has 1 fully saturated rings. The van der Waals surface area contributed by atoms with Crippen molar-refractivity contribution in [2.45, 2.75) is 31.3 Å². The number of hydrogen-bond donors (Lipinski definition) is 1. The van der Waals surface area contributed by atoms with Crippen LogP contribution in [0.15, 0.2) is 48.5 Å². The standard InChI is InChI=1S/C17H17F2N/c1-2-3-16-17(20-16,12-4-8-14(18)9-5-12)13-6-10-15(19)11-7-13/h4-11,16,20H,2-3H2,1H3/t16-/m0/s1. The minimum atomic E-state index is -0.294. The molecule has 0 spiro atoms. The van der Waals surface area contributed by atoms with Crippen LogP contribution in [0.25, 0.3) is 0 Å². The number of hydrogen-bond acceptors (Lipinski definition) is 1. The van der Waals surface area contributed by atoms with Crippen molar-refractivity contribution in [1.82, 2.24) is 5.32 Å². The summed E-state index contributed by atoms with van der Waals surface area (Å²) in [4.78, 5) is 0. The van der Waals surface area contributed by atoms with Crippen LogP contribution in [0.2, 0.25) is 0 Å². The average Bonchev–Trinajstić information content (AvgIpc) is 3.16. The Kier molecular flexibility index (Phi) is 3.30. The maximum absolute atomic E-state index is 13.1. The molecule has 1 atom stereocenters. The van der Waals surface area contributed by atoms with Crippen molar-refractivity contribution in [2.75, 3.05) is 0 Å². The van der Waals surface area contributed by atoms with Gasteiger partial charge < -0.3 is 0 Å². The molecule has 20 heavy (non-hydrogen) atoms. The van der Waals surface area contributed by atoms with E-state index in [9.17, 15) is 8.78 Å². The SMILES string of the molecule is CCC[C@@H]1NC1(c1ccc(F)cc1)c1ccc(F)cc1. The van der Waals surface area contributed by atoms with Gasteiger partial charge in [0.1, 0.15) is 11.6 Å². The minimum absolute atomic E-state index is 0.240. The van der Waals surface area contributed by atoms with E-state index in [-0.39, 0.29) is 17.2 Å². The van der Waals surface area contributed by atoms with Gasteiger partial charge in [-0.15, -0.1) is 0 Å². The van der Waals surface area contributed by atoms with Gasteiger partial charge in [0.05, 0.1) is 5.54 Å². The fraction of sp³-hybridized carbons (Fsp3) is 0.294. The van der Waals surface area contributed by atoms with E-state index in [4.69, 9.17) is 0 Å². The van der Waals surface area contributed by atoms with Gasteiger partial charge in [0, 0.05) is 6.04 Å². The molecule has 3 rings (SSSR count). The van der Waals surface area contributed by atoms with E-state index >= 15 is 0 Å². The molecule has 0 amide bonds. The third-order valence-electron chi connectivity index (χ3n) is 4.02. The Hall–Kier alpha value is -1.74. The number of nitrogens with one attached hydrogen (secondary N) is 1. The first-order valence-electron chi connectivity index (χ1n) is 6.96. The van der Waals surface area contributed by atoms with Crippen molar-refractivity contribution >= 4 is 0 Å². The van der Waals surface area contributed by atoms with Gasteiger partial charge >= 0.3 is 0 Å². The van der Waals surface area contributed by atoms with Gasteiger partial charge in [-0.05, 0) is 41.8 Å². The quantitative estimate of drug-likeness (QED) is 0.836. The van der Waals surface area contributed by atoms with Crippen molar-refractivity contribution in [3.63, 3.8) is 0 Å². The van der Waals surface area contributed by atoms with Crippen LogP contribution in [0.4, 0.5) is 8.78 Å². The third-order valence-corrected chi connectivity index (χ3v) is 4.02. The largest absolute Gasteiger partial charge is 0.297 e. The molecule has 1 aliphatic rings. The van der Waals surface area contributed by atoms with Crippen molar-refractivity contribution in [3.8, 4) is 0 Å². The molecule has 1 aliphatic heterocycles. The normalized spacial score (nSPS) is 19.9. The van der Waals surface area contributed by atoms with Crippen molar-refractivity contribution in [1.29, 1.82) is 0 Å². The maximum Gasteiger partial charge on any atom is 0.123 e. The summed E-state index contributed by atoms with van der Waals surface area (Å²) < 4.78 is 26.3. The van der Waals surface area contributed by atoms with Gasteiger partial charge in [-0.1, -0.05) is 37.6 Å². The molecule has 1 nitrogen and oxygen atoms in total. The molecule has 0 saturated carbocycles. The molecule has 3 heteroatoms.